The predicted octanol–water partition coefficient (Wildman–Crippen LogP) is 2.09. The molecule has 0 aromatic carbocycles. The van der Waals surface area contributed by atoms with Crippen molar-refractivity contribution in [1.29, 1.82) is 0 Å². The Balaban J connectivity index is 1.51. The summed E-state index contributed by atoms with van der Waals surface area (Å²) in [6, 6.07) is 0. The maximum atomic E-state index is 11.7. The second kappa shape index (κ2) is 8.63. The highest BCUT2D eigenvalue weighted by molar-refractivity contribution is 5.77. The molecule has 1 amide bonds. The molecule has 2 aliphatic rings. The van der Waals surface area contributed by atoms with E-state index < -0.39 is 0 Å². The zero-order valence-corrected chi connectivity index (χ0v) is 12.8. The molecule has 20 heavy (non-hydrogen) atoms. The summed E-state index contributed by atoms with van der Waals surface area (Å²) in [4.78, 5) is 11.7. The minimum absolute atomic E-state index is 0.0485. The fourth-order valence-electron chi connectivity index (χ4n) is 3.44. The van der Waals surface area contributed by atoms with E-state index in [-0.39, 0.29) is 18.6 Å². The highest BCUT2D eigenvalue weighted by Crippen LogP contribution is 2.30. The number of ether oxygens (including phenoxy) is 1. The van der Waals surface area contributed by atoms with Crippen LogP contribution in [0.3, 0.4) is 0 Å². The van der Waals surface area contributed by atoms with Gasteiger partial charge in [0.1, 0.15) is 6.61 Å². The molecule has 116 valence electrons. The Morgan fingerprint density at radius 3 is 2.80 bits per heavy atom. The predicted molar refractivity (Wildman–Crippen MR) is 80.6 cm³/mol. The van der Waals surface area contributed by atoms with Gasteiger partial charge in [-0.15, -0.1) is 0 Å². The first kappa shape index (κ1) is 15.8. The van der Waals surface area contributed by atoms with E-state index in [1.807, 2.05) is 0 Å². The quantitative estimate of drug-likeness (QED) is 0.784. The fraction of sp³-hybridized carbons (Fsp3) is 0.938. The lowest BCUT2D eigenvalue weighted by Crippen LogP contribution is -2.36. The molecule has 0 radical (unpaired) electrons. The number of nitrogens with one attached hydrogen (secondary N) is 2. The van der Waals surface area contributed by atoms with Crippen LogP contribution in [0, 0.1) is 11.8 Å². The van der Waals surface area contributed by atoms with Gasteiger partial charge in [-0.05, 0) is 50.6 Å². The molecule has 1 aliphatic heterocycles. The van der Waals surface area contributed by atoms with Crippen molar-refractivity contribution < 1.29 is 9.53 Å². The Labute approximate surface area is 123 Å². The molecule has 2 rings (SSSR count). The van der Waals surface area contributed by atoms with Gasteiger partial charge in [0.15, 0.2) is 0 Å². The van der Waals surface area contributed by atoms with Crippen LogP contribution in [0.25, 0.3) is 0 Å². The van der Waals surface area contributed by atoms with Gasteiger partial charge in [-0.1, -0.05) is 26.2 Å². The summed E-state index contributed by atoms with van der Waals surface area (Å²) in [7, 11) is 0. The molecule has 1 saturated heterocycles. The van der Waals surface area contributed by atoms with Crippen molar-refractivity contribution in [3.8, 4) is 0 Å². The van der Waals surface area contributed by atoms with Crippen molar-refractivity contribution >= 4 is 5.91 Å². The van der Waals surface area contributed by atoms with Gasteiger partial charge < -0.3 is 15.4 Å². The molecule has 0 bridgehead atoms. The number of amides is 1. The van der Waals surface area contributed by atoms with E-state index in [1.165, 1.54) is 25.7 Å². The normalized spacial score (nSPS) is 28.2. The maximum Gasteiger partial charge on any atom is 0.246 e. The molecule has 2 N–H and O–H groups in total. The molecule has 2 unspecified atom stereocenters. The Bertz CT molecular complexity index is 290. The van der Waals surface area contributed by atoms with Crippen LogP contribution in [-0.4, -0.2) is 38.3 Å². The van der Waals surface area contributed by atoms with E-state index in [0.29, 0.717) is 0 Å². The molecular formula is C16H30N2O2. The number of rotatable bonds is 6. The van der Waals surface area contributed by atoms with Crippen molar-refractivity contribution in [2.75, 3.05) is 26.2 Å². The minimum atomic E-state index is 0.0485. The van der Waals surface area contributed by atoms with Crippen LogP contribution < -0.4 is 10.6 Å². The summed E-state index contributed by atoms with van der Waals surface area (Å²) in [6.07, 6.45) is 8.85. The fourth-order valence-corrected chi connectivity index (χ4v) is 3.44. The van der Waals surface area contributed by atoms with E-state index in [1.54, 1.807) is 0 Å². The van der Waals surface area contributed by atoms with E-state index >= 15 is 0 Å². The van der Waals surface area contributed by atoms with Crippen LogP contribution in [0.4, 0.5) is 0 Å². The van der Waals surface area contributed by atoms with Gasteiger partial charge >= 0.3 is 0 Å². The second-order valence-corrected chi connectivity index (χ2v) is 6.54. The smallest absolute Gasteiger partial charge is 0.246 e. The zero-order chi connectivity index (χ0) is 14.2. The van der Waals surface area contributed by atoms with Crippen molar-refractivity contribution in [3.63, 3.8) is 0 Å². The molecule has 4 heteroatoms. The Morgan fingerprint density at radius 2 is 2.05 bits per heavy atom. The summed E-state index contributed by atoms with van der Waals surface area (Å²) in [6.45, 7) is 5.40. The highest BCUT2D eigenvalue weighted by Gasteiger charge is 2.19. The largest absolute Gasteiger partial charge is 0.368 e. The highest BCUT2D eigenvalue weighted by atomic mass is 16.5. The van der Waals surface area contributed by atoms with Crippen LogP contribution in [0.15, 0.2) is 0 Å². The lowest BCUT2D eigenvalue weighted by molar-refractivity contribution is -0.128. The standard InChI is InChI=1S/C16H30N2O2/c1-13-3-2-4-14(11-13)5-10-18-16(19)12-20-15-6-8-17-9-7-15/h13-15,17H,2-12H2,1H3,(H,18,19). The summed E-state index contributed by atoms with van der Waals surface area (Å²) in [5.41, 5.74) is 0. The van der Waals surface area contributed by atoms with Crippen LogP contribution in [0.2, 0.25) is 0 Å². The zero-order valence-electron chi connectivity index (χ0n) is 12.8. The van der Waals surface area contributed by atoms with Gasteiger partial charge in [0.05, 0.1) is 6.10 Å². The number of hydrogen-bond acceptors (Lipinski definition) is 3. The first-order chi connectivity index (χ1) is 9.74. The molecule has 2 atom stereocenters. The van der Waals surface area contributed by atoms with Crippen molar-refractivity contribution in [2.45, 2.75) is 58.0 Å². The molecule has 1 saturated carbocycles. The summed E-state index contributed by atoms with van der Waals surface area (Å²) in [5, 5.41) is 6.30. The van der Waals surface area contributed by atoms with Gasteiger partial charge in [0.2, 0.25) is 5.91 Å². The topological polar surface area (TPSA) is 50.4 Å². The average Bonchev–Trinajstić information content (AvgIpc) is 2.46. The molecule has 1 heterocycles. The van der Waals surface area contributed by atoms with Crippen molar-refractivity contribution in [3.05, 3.63) is 0 Å². The molecule has 1 aliphatic carbocycles. The van der Waals surface area contributed by atoms with Crippen molar-refractivity contribution in [1.82, 2.24) is 10.6 Å². The Hall–Kier alpha value is -0.610. The van der Waals surface area contributed by atoms with E-state index in [2.05, 4.69) is 17.6 Å². The van der Waals surface area contributed by atoms with Crippen LogP contribution in [0.5, 0.6) is 0 Å². The summed E-state index contributed by atoms with van der Waals surface area (Å²) in [5.74, 6) is 1.73. The minimum Gasteiger partial charge on any atom is -0.368 e. The third-order valence-corrected chi connectivity index (χ3v) is 4.66. The monoisotopic (exact) mass is 282 g/mol. The number of piperidine rings is 1. The lowest BCUT2D eigenvalue weighted by atomic mass is 9.81. The molecule has 4 nitrogen and oxygen atoms in total. The molecule has 2 fully saturated rings. The number of carbonyl (C=O) groups is 1. The third-order valence-electron chi connectivity index (χ3n) is 4.66. The summed E-state index contributed by atoms with van der Waals surface area (Å²) < 4.78 is 5.65. The van der Waals surface area contributed by atoms with Crippen LogP contribution >= 0.6 is 0 Å². The number of hydrogen-bond donors (Lipinski definition) is 2. The lowest BCUT2D eigenvalue weighted by Gasteiger charge is -2.26. The van der Waals surface area contributed by atoms with Gasteiger partial charge in [-0.2, -0.15) is 0 Å². The Morgan fingerprint density at radius 1 is 1.25 bits per heavy atom. The maximum absolute atomic E-state index is 11.7. The summed E-state index contributed by atoms with van der Waals surface area (Å²) >= 11 is 0. The van der Waals surface area contributed by atoms with Crippen LogP contribution in [-0.2, 0) is 9.53 Å². The molecule has 0 aromatic heterocycles. The molecular weight excluding hydrogens is 252 g/mol. The average molecular weight is 282 g/mol. The van der Waals surface area contributed by atoms with Gasteiger partial charge in [0, 0.05) is 6.54 Å². The number of carbonyl (C=O) groups excluding carboxylic acids is 1. The van der Waals surface area contributed by atoms with Crippen molar-refractivity contribution in [2.24, 2.45) is 11.8 Å². The first-order valence-electron chi connectivity index (χ1n) is 8.33. The first-order valence-corrected chi connectivity index (χ1v) is 8.33. The third kappa shape index (κ3) is 5.80. The SMILES string of the molecule is CC1CCCC(CCNC(=O)COC2CCNCC2)C1. The molecule has 0 aromatic rings. The van der Waals surface area contributed by atoms with Gasteiger partial charge in [-0.25, -0.2) is 0 Å². The van der Waals surface area contributed by atoms with E-state index in [0.717, 1.165) is 50.7 Å². The molecule has 0 spiro atoms. The van der Waals surface area contributed by atoms with Gasteiger partial charge in [-0.3, -0.25) is 4.79 Å². The van der Waals surface area contributed by atoms with E-state index in [4.69, 9.17) is 4.74 Å². The van der Waals surface area contributed by atoms with Gasteiger partial charge in [0.25, 0.3) is 0 Å². The van der Waals surface area contributed by atoms with Crippen LogP contribution in [0.1, 0.15) is 51.9 Å². The van der Waals surface area contributed by atoms with E-state index in [9.17, 15) is 4.79 Å². The second-order valence-electron chi connectivity index (χ2n) is 6.54. The Kier molecular flexibility index (Phi) is 6.80.